The first-order valence-electron chi connectivity index (χ1n) is 12.4. The third-order valence-corrected chi connectivity index (χ3v) is 5.95. The van der Waals surface area contributed by atoms with Crippen molar-refractivity contribution in [1.29, 1.82) is 0 Å². The molecule has 0 saturated carbocycles. The van der Waals surface area contributed by atoms with E-state index in [4.69, 9.17) is 14.2 Å². The summed E-state index contributed by atoms with van der Waals surface area (Å²) in [6, 6.07) is 18.9. The molecule has 0 radical (unpaired) electrons. The van der Waals surface area contributed by atoms with Gasteiger partial charge in [0, 0.05) is 30.4 Å². The van der Waals surface area contributed by atoms with Crippen LogP contribution in [0.4, 0.5) is 4.79 Å². The van der Waals surface area contributed by atoms with Gasteiger partial charge in [-0.2, -0.15) is 0 Å². The van der Waals surface area contributed by atoms with Crippen molar-refractivity contribution in [1.82, 2.24) is 10.2 Å². The van der Waals surface area contributed by atoms with Gasteiger partial charge >= 0.3 is 18.0 Å². The van der Waals surface area contributed by atoms with Crippen LogP contribution in [0.1, 0.15) is 38.8 Å². The van der Waals surface area contributed by atoms with E-state index in [1.54, 1.807) is 27.7 Å². The van der Waals surface area contributed by atoms with Gasteiger partial charge in [0.25, 0.3) is 0 Å². The second-order valence-electron chi connectivity index (χ2n) is 8.60. The maximum atomic E-state index is 13.4. The first-order chi connectivity index (χ1) is 17.8. The predicted octanol–water partition coefficient (Wildman–Crippen LogP) is 4.72. The summed E-state index contributed by atoms with van der Waals surface area (Å²) in [5, 5.41) is 3.11. The van der Waals surface area contributed by atoms with Gasteiger partial charge in [0.2, 0.25) is 0 Å². The number of rotatable bonds is 10. The molecule has 2 aromatic carbocycles. The fraction of sp³-hybridized carbons (Fsp3) is 0.345. The van der Waals surface area contributed by atoms with Gasteiger partial charge in [-0.05, 0) is 38.8 Å². The molecule has 0 unspecified atom stereocenters. The number of carbonyl (C=O) groups is 3. The molecule has 0 bridgehead atoms. The van der Waals surface area contributed by atoms with E-state index in [1.807, 2.05) is 60.7 Å². The summed E-state index contributed by atoms with van der Waals surface area (Å²) in [5.74, 6) is -1.87. The molecule has 1 aliphatic heterocycles. The fourth-order valence-electron chi connectivity index (χ4n) is 4.31. The smallest absolute Gasteiger partial charge is 0.410 e. The molecule has 0 atom stereocenters. The molecular formula is C29H34N2O6. The highest BCUT2D eigenvalue weighted by atomic mass is 16.6. The third kappa shape index (κ3) is 7.22. The Morgan fingerprint density at radius 3 is 1.73 bits per heavy atom. The second kappa shape index (κ2) is 13.3. The quantitative estimate of drug-likeness (QED) is 0.368. The number of dihydropyridines is 1. The summed E-state index contributed by atoms with van der Waals surface area (Å²) in [6.45, 7) is 7.61. The lowest BCUT2D eigenvalue weighted by molar-refractivity contribution is -0.140. The molecule has 0 aromatic heterocycles. The van der Waals surface area contributed by atoms with Crippen molar-refractivity contribution in [2.24, 2.45) is 5.92 Å². The minimum Gasteiger partial charge on any atom is -0.463 e. The van der Waals surface area contributed by atoms with E-state index >= 15 is 0 Å². The minimum absolute atomic E-state index is 0.0151. The van der Waals surface area contributed by atoms with Crippen LogP contribution in [-0.2, 0) is 37.0 Å². The van der Waals surface area contributed by atoms with Crippen LogP contribution in [0, 0.1) is 5.92 Å². The van der Waals surface area contributed by atoms with E-state index in [9.17, 15) is 14.4 Å². The summed E-state index contributed by atoms with van der Waals surface area (Å²) >= 11 is 0. The molecule has 8 heteroatoms. The average Bonchev–Trinajstić information content (AvgIpc) is 2.88. The minimum atomic E-state index is -0.771. The average molecular weight is 507 g/mol. The lowest BCUT2D eigenvalue weighted by Gasteiger charge is -2.33. The maximum Gasteiger partial charge on any atom is 0.410 e. The van der Waals surface area contributed by atoms with Gasteiger partial charge in [-0.25, -0.2) is 14.4 Å². The number of ether oxygens (including phenoxy) is 3. The number of nitrogens with one attached hydrogen (secondary N) is 1. The maximum absolute atomic E-state index is 13.4. The highest BCUT2D eigenvalue weighted by Crippen LogP contribution is 2.33. The van der Waals surface area contributed by atoms with Gasteiger partial charge in [0.05, 0.1) is 24.4 Å². The Morgan fingerprint density at radius 2 is 1.24 bits per heavy atom. The fourth-order valence-corrected chi connectivity index (χ4v) is 4.31. The molecule has 1 amide bonds. The first-order valence-corrected chi connectivity index (χ1v) is 12.4. The zero-order chi connectivity index (χ0) is 26.8. The molecule has 8 nitrogen and oxygen atoms in total. The molecule has 0 spiro atoms. The van der Waals surface area contributed by atoms with Crippen LogP contribution < -0.4 is 5.32 Å². The molecule has 0 saturated heterocycles. The Balaban J connectivity index is 1.98. The Bertz CT molecular complexity index is 1120. The van der Waals surface area contributed by atoms with Gasteiger partial charge in [-0.3, -0.25) is 0 Å². The molecule has 0 fully saturated rings. The van der Waals surface area contributed by atoms with Crippen molar-refractivity contribution in [3.05, 3.63) is 94.3 Å². The normalized spacial score (nSPS) is 13.6. The van der Waals surface area contributed by atoms with Gasteiger partial charge in [-0.1, -0.05) is 60.7 Å². The van der Waals surface area contributed by atoms with Gasteiger partial charge in [0.1, 0.15) is 6.61 Å². The van der Waals surface area contributed by atoms with E-state index < -0.39 is 23.9 Å². The Hall–Kier alpha value is -4.07. The molecule has 1 N–H and O–H groups in total. The summed E-state index contributed by atoms with van der Waals surface area (Å²) in [4.78, 5) is 41.0. The third-order valence-electron chi connectivity index (χ3n) is 5.95. The van der Waals surface area contributed by atoms with E-state index in [1.165, 1.54) is 4.90 Å². The molecule has 0 aliphatic carbocycles. The second-order valence-corrected chi connectivity index (χ2v) is 8.60. The molecule has 1 aliphatic rings. The monoisotopic (exact) mass is 506 g/mol. The van der Waals surface area contributed by atoms with E-state index in [2.05, 4.69) is 5.32 Å². The van der Waals surface area contributed by atoms with Crippen LogP contribution in [0.2, 0.25) is 0 Å². The number of benzene rings is 2. The molecule has 1 heterocycles. The Kier molecular flexibility index (Phi) is 9.89. The number of carbonyl (C=O) groups excluding carboxylic acids is 3. The van der Waals surface area contributed by atoms with Crippen molar-refractivity contribution < 1.29 is 28.6 Å². The lowest BCUT2D eigenvalue weighted by Crippen LogP contribution is -2.42. The first kappa shape index (κ1) is 27.5. The number of allylic oxidation sites excluding steroid dienone is 2. The van der Waals surface area contributed by atoms with Crippen LogP contribution in [0.15, 0.2) is 83.2 Å². The summed E-state index contributed by atoms with van der Waals surface area (Å²) in [5.41, 5.74) is 3.42. The number of hydrogen-bond acceptors (Lipinski definition) is 7. The van der Waals surface area contributed by atoms with E-state index in [0.29, 0.717) is 11.4 Å². The van der Waals surface area contributed by atoms with Gasteiger partial charge < -0.3 is 24.4 Å². The van der Waals surface area contributed by atoms with Crippen LogP contribution >= 0.6 is 0 Å². The molecule has 3 rings (SSSR count). The highest BCUT2D eigenvalue weighted by molar-refractivity contribution is 5.98. The largest absolute Gasteiger partial charge is 0.463 e. The van der Waals surface area contributed by atoms with E-state index in [-0.39, 0.29) is 44.1 Å². The molecular weight excluding hydrogens is 472 g/mol. The Morgan fingerprint density at radius 1 is 0.757 bits per heavy atom. The summed E-state index contributed by atoms with van der Waals surface area (Å²) in [6.07, 6.45) is -0.562. The summed E-state index contributed by atoms with van der Waals surface area (Å²) in [7, 11) is 0. The zero-order valence-electron chi connectivity index (χ0n) is 21.8. The van der Waals surface area contributed by atoms with Gasteiger partial charge in [0.15, 0.2) is 0 Å². The topological polar surface area (TPSA) is 94.2 Å². The number of esters is 2. The number of hydrogen-bond donors (Lipinski definition) is 1. The van der Waals surface area contributed by atoms with Crippen molar-refractivity contribution in [2.45, 2.75) is 40.8 Å². The standard InChI is InChI=1S/C29H34N2O6/c1-5-35-27(32)25-20(3)30-21(4)26(28(33)36-6-2)24(25)18-31(17-22-13-9-7-10-14-22)29(34)37-19-23-15-11-8-12-16-23/h7-16,24,30H,5-6,17-19H2,1-4H3. The van der Waals surface area contributed by atoms with Crippen LogP contribution in [-0.4, -0.2) is 42.7 Å². The number of nitrogens with zero attached hydrogens (tertiary/aromatic N) is 1. The van der Waals surface area contributed by atoms with E-state index in [0.717, 1.165) is 11.1 Å². The van der Waals surface area contributed by atoms with Crippen molar-refractivity contribution in [2.75, 3.05) is 19.8 Å². The molecule has 2 aromatic rings. The van der Waals surface area contributed by atoms with Crippen LogP contribution in [0.25, 0.3) is 0 Å². The Labute approximate surface area is 217 Å². The lowest BCUT2D eigenvalue weighted by atomic mass is 9.85. The van der Waals surface area contributed by atoms with Crippen LogP contribution in [0.5, 0.6) is 0 Å². The molecule has 37 heavy (non-hydrogen) atoms. The predicted molar refractivity (Wildman–Crippen MR) is 139 cm³/mol. The van der Waals surface area contributed by atoms with Crippen molar-refractivity contribution >= 4 is 18.0 Å². The number of amides is 1. The van der Waals surface area contributed by atoms with Crippen molar-refractivity contribution in [3.63, 3.8) is 0 Å². The summed E-state index contributed by atoms with van der Waals surface area (Å²) < 4.78 is 16.3. The van der Waals surface area contributed by atoms with Gasteiger partial charge in [-0.15, -0.1) is 0 Å². The molecule has 196 valence electrons. The van der Waals surface area contributed by atoms with Crippen molar-refractivity contribution in [3.8, 4) is 0 Å². The zero-order valence-corrected chi connectivity index (χ0v) is 21.8. The van der Waals surface area contributed by atoms with Crippen LogP contribution in [0.3, 0.4) is 0 Å². The highest BCUT2D eigenvalue weighted by Gasteiger charge is 2.39. The SMILES string of the molecule is CCOC(=O)C1=C(C)NC(C)=C(C(=O)OCC)C1CN(Cc1ccccc1)C(=O)OCc1ccccc1.